The molecule has 0 saturated heterocycles. The van der Waals surface area contributed by atoms with E-state index < -0.39 is 0 Å². The predicted molar refractivity (Wildman–Crippen MR) is 71.4 cm³/mol. The Morgan fingerprint density at radius 2 is 1.93 bits per heavy atom. The zero-order chi connectivity index (χ0) is 10.9. The van der Waals surface area contributed by atoms with Gasteiger partial charge >= 0.3 is 0 Å². The number of thioether (sulfide) groups is 1. The topological polar surface area (TPSA) is 26.0 Å². The van der Waals surface area contributed by atoms with E-state index in [2.05, 4.69) is 18.7 Å². The van der Waals surface area contributed by atoms with Crippen molar-refractivity contribution >= 4 is 11.8 Å². The maximum absolute atomic E-state index is 5.99. The summed E-state index contributed by atoms with van der Waals surface area (Å²) in [6, 6.07) is 0.460. The molecular formula is C13H27NS. The maximum atomic E-state index is 5.99. The Morgan fingerprint density at radius 3 is 2.60 bits per heavy atom. The Balaban J connectivity index is 1.91. The molecule has 0 spiro atoms. The van der Waals surface area contributed by atoms with Crippen LogP contribution < -0.4 is 5.73 Å². The van der Waals surface area contributed by atoms with E-state index in [4.69, 9.17) is 5.73 Å². The van der Waals surface area contributed by atoms with Gasteiger partial charge in [0.05, 0.1) is 0 Å². The highest BCUT2D eigenvalue weighted by atomic mass is 32.2. The number of rotatable bonds is 7. The van der Waals surface area contributed by atoms with Crippen LogP contribution in [0.3, 0.4) is 0 Å². The molecule has 1 unspecified atom stereocenters. The lowest BCUT2D eigenvalue weighted by atomic mass is 10.0. The van der Waals surface area contributed by atoms with E-state index in [1.54, 1.807) is 0 Å². The summed E-state index contributed by atoms with van der Waals surface area (Å²) >= 11 is 2.20. The highest BCUT2D eigenvalue weighted by Gasteiger charge is 2.13. The van der Waals surface area contributed by atoms with Crippen LogP contribution in [0.4, 0.5) is 0 Å². The minimum atomic E-state index is 0.460. The van der Waals surface area contributed by atoms with Crippen LogP contribution in [0, 0.1) is 0 Å². The van der Waals surface area contributed by atoms with Crippen LogP contribution in [0.5, 0.6) is 0 Å². The van der Waals surface area contributed by atoms with E-state index in [-0.39, 0.29) is 0 Å². The first-order valence-corrected chi connectivity index (χ1v) is 7.75. The second-order valence-corrected chi connectivity index (χ2v) is 6.23. The molecule has 0 amide bonds. The molecule has 15 heavy (non-hydrogen) atoms. The monoisotopic (exact) mass is 229 g/mol. The minimum absolute atomic E-state index is 0.460. The van der Waals surface area contributed by atoms with Crippen LogP contribution in [0.1, 0.15) is 64.7 Å². The first-order valence-electron chi connectivity index (χ1n) is 6.70. The molecule has 1 rings (SSSR count). The van der Waals surface area contributed by atoms with Crippen LogP contribution in [0.2, 0.25) is 0 Å². The molecule has 1 aliphatic carbocycles. The van der Waals surface area contributed by atoms with E-state index in [0.29, 0.717) is 6.04 Å². The summed E-state index contributed by atoms with van der Waals surface area (Å²) in [7, 11) is 0. The van der Waals surface area contributed by atoms with Crippen molar-refractivity contribution in [1.82, 2.24) is 0 Å². The van der Waals surface area contributed by atoms with E-state index in [1.165, 1.54) is 63.5 Å². The quantitative estimate of drug-likeness (QED) is 0.669. The van der Waals surface area contributed by atoms with E-state index in [0.717, 1.165) is 5.25 Å². The standard InChI is InChI=1S/C13H27NS/c1-2-7-12(14)8-6-11-15-13-9-4-3-5-10-13/h12-13H,2-11,14H2,1H3. The van der Waals surface area contributed by atoms with Crippen molar-refractivity contribution in [3.8, 4) is 0 Å². The van der Waals surface area contributed by atoms with Gasteiger partial charge in [-0.3, -0.25) is 0 Å². The highest BCUT2D eigenvalue weighted by Crippen LogP contribution is 2.28. The van der Waals surface area contributed by atoms with Gasteiger partial charge in [-0.1, -0.05) is 32.6 Å². The van der Waals surface area contributed by atoms with Gasteiger partial charge in [0.2, 0.25) is 0 Å². The van der Waals surface area contributed by atoms with Crippen molar-refractivity contribution < 1.29 is 0 Å². The van der Waals surface area contributed by atoms with Gasteiger partial charge < -0.3 is 5.73 Å². The lowest BCUT2D eigenvalue weighted by Gasteiger charge is -2.21. The average molecular weight is 229 g/mol. The van der Waals surface area contributed by atoms with Crippen molar-refractivity contribution in [2.75, 3.05) is 5.75 Å². The van der Waals surface area contributed by atoms with E-state index in [9.17, 15) is 0 Å². The van der Waals surface area contributed by atoms with Crippen LogP contribution in [0.15, 0.2) is 0 Å². The number of hydrogen-bond donors (Lipinski definition) is 1. The van der Waals surface area contributed by atoms with E-state index >= 15 is 0 Å². The van der Waals surface area contributed by atoms with Crippen LogP contribution in [-0.4, -0.2) is 17.0 Å². The van der Waals surface area contributed by atoms with Gasteiger partial charge in [-0.2, -0.15) is 11.8 Å². The Labute approximate surface area is 99.6 Å². The second kappa shape index (κ2) is 8.46. The maximum Gasteiger partial charge on any atom is 0.00470 e. The molecule has 0 radical (unpaired) electrons. The van der Waals surface area contributed by atoms with Crippen molar-refractivity contribution in [3.63, 3.8) is 0 Å². The molecule has 1 fully saturated rings. The smallest absolute Gasteiger partial charge is 0.00470 e. The molecule has 1 nitrogen and oxygen atoms in total. The number of nitrogens with two attached hydrogens (primary N) is 1. The first-order chi connectivity index (χ1) is 7.33. The van der Waals surface area contributed by atoms with E-state index in [1.807, 2.05) is 0 Å². The molecule has 0 aromatic carbocycles. The predicted octanol–water partition coefficient (Wildman–Crippen LogP) is 3.96. The average Bonchev–Trinajstić information content (AvgIpc) is 2.26. The summed E-state index contributed by atoms with van der Waals surface area (Å²) in [6.07, 6.45) is 12.3. The summed E-state index contributed by atoms with van der Waals surface area (Å²) in [5, 5.41) is 0.973. The van der Waals surface area contributed by atoms with Gasteiger partial charge in [0, 0.05) is 11.3 Å². The fourth-order valence-electron chi connectivity index (χ4n) is 2.34. The van der Waals surface area contributed by atoms with Gasteiger partial charge in [-0.25, -0.2) is 0 Å². The lowest BCUT2D eigenvalue weighted by molar-refractivity contribution is 0.514. The molecule has 0 aromatic rings. The zero-order valence-corrected chi connectivity index (χ0v) is 11.0. The minimum Gasteiger partial charge on any atom is -0.328 e. The Bertz CT molecular complexity index is 143. The lowest BCUT2D eigenvalue weighted by Crippen LogP contribution is -2.19. The molecule has 2 heteroatoms. The Kier molecular flexibility index (Phi) is 7.54. The molecule has 0 heterocycles. The molecule has 2 N–H and O–H groups in total. The van der Waals surface area contributed by atoms with Gasteiger partial charge in [-0.05, 0) is 37.9 Å². The SMILES string of the molecule is CCCC(N)CCCSC1CCCCC1. The molecule has 0 aliphatic heterocycles. The van der Waals surface area contributed by atoms with Gasteiger partial charge in [0.25, 0.3) is 0 Å². The molecule has 1 atom stereocenters. The van der Waals surface area contributed by atoms with Crippen LogP contribution in [-0.2, 0) is 0 Å². The van der Waals surface area contributed by atoms with Crippen molar-refractivity contribution in [3.05, 3.63) is 0 Å². The zero-order valence-electron chi connectivity index (χ0n) is 10.2. The normalized spacial score (nSPS) is 20.4. The molecule has 0 bridgehead atoms. The molecule has 90 valence electrons. The molecule has 1 saturated carbocycles. The Morgan fingerprint density at radius 1 is 1.20 bits per heavy atom. The first kappa shape index (κ1) is 13.4. The van der Waals surface area contributed by atoms with Crippen LogP contribution in [0.25, 0.3) is 0 Å². The summed E-state index contributed by atoms with van der Waals surface area (Å²) in [5.74, 6) is 1.34. The fourth-order valence-corrected chi connectivity index (χ4v) is 3.68. The fraction of sp³-hybridized carbons (Fsp3) is 1.00. The third kappa shape index (κ3) is 6.47. The summed E-state index contributed by atoms with van der Waals surface area (Å²) in [5.41, 5.74) is 5.99. The molecular weight excluding hydrogens is 202 g/mol. The van der Waals surface area contributed by atoms with Gasteiger partial charge in [0.1, 0.15) is 0 Å². The third-order valence-electron chi connectivity index (χ3n) is 3.28. The third-order valence-corrected chi connectivity index (χ3v) is 4.75. The van der Waals surface area contributed by atoms with Gasteiger partial charge in [0.15, 0.2) is 0 Å². The van der Waals surface area contributed by atoms with Crippen LogP contribution >= 0.6 is 11.8 Å². The summed E-state index contributed by atoms with van der Waals surface area (Å²) in [4.78, 5) is 0. The van der Waals surface area contributed by atoms with Gasteiger partial charge in [-0.15, -0.1) is 0 Å². The summed E-state index contributed by atoms with van der Waals surface area (Å²) < 4.78 is 0. The van der Waals surface area contributed by atoms with Crippen molar-refractivity contribution in [2.45, 2.75) is 76.0 Å². The highest BCUT2D eigenvalue weighted by molar-refractivity contribution is 7.99. The summed E-state index contributed by atoms with van der Waals surface area (Å²) in [6.45, 7) is 2.22. The van der Waals surface area contributed by atoms with Crippen molar-refractivity contribution in [1.29, 1.82) is 0 Å². The largest absolute Gasteiger partial charge is 0.328 e. The second-order valence-electron chi connectivity index (χ2n) is 4.82. The van der Waals surface area contributed by atoms with Crippen molar-refractivity contribution in [2.24, 2.45) is 5.73 Å². The Hall–Kier alpha value is 0.310. The number of hydrogen-bond acceptors (Lipinski definition) is 2. The molecule has 1 aliphatic rings. The molecule has 0 aromatic heterocycles.